The molecule has 6 aromatic rings. The van der Waals surface area contributed by atoms with Crippen molar-refractivity contribution in [1.82, 2.24) is 39.1 Å². The fourth-order valence-corrected chi connectivity index (χ4v) is 4.36. The summed E-state index contributed by atoms with van der Waals surface area (Å²) in [6.45, 7) is 0. The van der Waals surface area contributed by atoms with Gasteiger partial charge in [0.25, 0.3) is 5.56 Å². The molecule has 0 spiro atoms. The molecule has 0 aromatic carbocycles. The van der Waals surface area contributed by atoms with Gasteiger partial charge in [-0.3, -0.25) is 14.0 Å². The molecule has 0 radical (unpaired) electrons. The van der Waals surface area contributed by atoms with Gasteiger partial charge in [0.1, 0.15) is 5.65 Å². The normalized spacial score (nSPS) is 12.0. The summed E-state index contributed by atoms with van der Waals surface area (Å²) < 4.78 is 44.9. The number of H-pyrrole nitrogens is 1. The first-order chi connectivity index (χ1) is 17.7. The van der Waals surface area contributed by atoms with Gasteiger partial charge < -0.3 is 4.98 Å². The van der Waals surface area contributed by atoms with E-state index in [9.17, 15) is 22.8 Å². The van der Waals surface area contributed by atoms with Gasteiger partial charge in [0.2, 0.25) is 0 Å². The zero-order valence-corrected chi connectivity index (χ0v) is 19.1. The first kappa shape index (κ1) is 22.7. The molecule has 184 valence electrons. The molecule has 0 saturated heterocycles. The second-order valence-corrected chi connectivity index (χ2v) is 8.28. The first-order valence-corrected chi connectivity index (χ1v) is 11.0. The molecule has 10 nitrogen and oxygen atoms in total. The third-order valence-electron chi connectivity index (χ3n) is 5.71. The van der Waals surface area contributed by atoms with Gasteiger partial charge in [-0.25, -0.2) is 9.67 Å². The van der Waals surface area contributed by atoms with Crippen LogP contribution in [0.15, 0.2) is 72.2 Å². The number of rotatable bonds is 4. The number of carbonyl (C=O) groups is 1. The minimum atomic E-state index is -4.95. The lowest BCUT2D eigenvalue weighted by Crippen LogP contribution is -2.19. The summed E-state index contributed by atoms with van der Waals surface area (Å²) in [4.78, 5) is 33.9. The van der Waals surface area contributed by atoms with E-state index in [1.54, 1.807) is 0 Å². The van der Waals surface area contributed by atoms with E-state index >= 15 is 0 Å². The van der Waals surface area contributed by atoms with Gasteiger partial charge in [0.15, 0.2) is 17.3 Å². The van der Waals surface area contributed by atoms with E-state index in [0.717, 1.165) is 6.20 Å². The third kappa shape index (κ3) is 3.59. The number of aromatic amines is 1. The van der Waals surface area contributed by atoms with Crippen LogP contribution in [0.5, 0.6) is 0 Å². The molecule has 0 unspecified atom stereocenters. The van der Waals surface area contributed by atoms with Crippen molar-refractivity contribution in [3.63, 3.8) is 0 Å². The number of halogens is 4. The summed E-state index contributed by atoms with van der Waals surface area (Å²) in [5.74, 6) is -0.764. The van der Waals surface area contributed by atoms with Gasteiger partial charge in [-0.15, -0.1) is 4.80 Å². The number of nitrogens with zero attached hydrogens (tertiary/aromatic N) is 7. The Morgan fingerprint density at radius 3 is 2.57 bits per heavy atom. The number of alkyl halides is 3. The lowest BCUT2D eigenvalue weighted by atomic mass is 10.0. The van der Waals surface area contributed by atoms with Crippen LogP contribution in [0, 0.1) is 0 Å². The Morgan fingerprint density at radius 1 is 1.03 bits per heavy atom. The van der Waals surface area contributed by atoms with Crippen LogP contribution in [0.2, 0.25) is 5.02 Å². The minimum absolute atomic E-state index is 0.0217. The lowest BCUT2D eigenvalue weighted by molar-refractivity contribution is -0.143. The highest BCUT2D eigenvalue weighted by Crippen LogP contribution is 2.36. The monoisotopic (exact) mass is 524 g/mol. The van der Waals surface area contributed by atoms with Gasteiger partial charge in [0, 0.05) is 29.4 Å². The predicted molar refractivity (Wildman–Crippen MR) is 125 cm³/mol. The van der Waals surface area contributed by atoms with E-state index in [1.807, 2.05) is 0 Å². The molecule has 6 aromatic heterocycles. The van der Waals surface area contributed by atoms with Crippen molar-refractivity contribution in [2.24, 2.45) is 0 Å². The van der Waals surface area contributed by atoms with Crippen LogP contribution in [0.4, 0.5) is 13.2 Å². The summed E-state index contributed by atoms with van der Waals surface area (Å²) in [7, 11) is 0. The fraction of sp³-hybridized carbons (Fsp3) is 0.0435. The SMILES string of the molecule is O=C(c1cnn(-c2cccn3c(=O)cccc23)c1C(F)(F)F)c1c[nH]c2nc(-n3nccn3)c(Cl)cc12. The average molecular weight is 525 g/mol. The zero-order chi connectivity index (χ0) is 25.9. The van der Waals surface area contributed by atoms with Crippen LogP contribution in [0.25, 0.3) is 28.1 Å². The van der Waals surface area contributed by atoms with Crippen LogP contribution in [0.1, 0.15) is 21.6 Å². The number of hydrogen-bond donors (Lipinski definition) is 1. The standard InChI is InChI=1S/C23H12ClF3N8O2/c24-15-9-12-13(10-28-21(12)32-22(15)35-29-6-7-30-35)19(37)14-11-31-34(20(14)23(25,26)27)17-4-2-8-33-16(17)3-1-5-18(33)36/h1-11H,(H,28,32). The number of pyridine rings is 3. The fourth-order valence-electron chi connectivity index (χ4n) is 4.13. The summed E-state index contributed by atoms with van der Waals surface area (Å²) in [5, 5.41) is 12.1. The van der Waals surface area contributed by atoms with E-state index < -0.39 is 28.8 Å². The topological polar surface area (TPSA) is 116 Å². The van der Waals surface area contributed by atoms with Crippen LogP contribution in [0.3, 0.4) is 0 Å². The molecule has 0 fully saturated rings. The van der Waals surface area contributed by atoms with Gasteiger partial charge >= 0.3 is 6.18 Å². The number of carbonyl (C=O) groups excluding carboxylic acids is 1. The highest BCUT2D eigenvalue weighted by Gasteiger charge is 2.41. The molecular weight excluding hydrogens is 513 g/mol. The second-order valence-electron chi connectivity index (χ2n) is 7.87. The maximum atomic E-state index is 14.4. The Labute approximate surface area is 208 Å². The average Bonchev–Trinajstić information content (AvgIpc) is 3.62. The van der Waals surface area contributed by atoms with Gasteiger partial charge in [-0.2, -0.15) is 28.5 Å². The molecule has 14 heteroatoms. The Morgan fingerprint density at radius 2 is 1.81 bits per heavy atom. The maximum Gasteiger partial charge on any atom is 0.434 e. The molecule has 0 bridgehead atoms. The number of nitrogens with one attached hydrogen (secondary N) is 1. The molecule has 0 amide bonds. The lowest BCUT2D eigenvalue weighted by Gasteiger charge is -2.14. The van der Waals surface area contributed by atoms with Crippen molar-refractivity contribution in [3.05, 3.63) is 99.6 Å². The molecule has 37 heavy (non-hydrogen) atoms. The molecular formula is C23H12ClF3N8O2. The smallest absolute Gasteiger partial charge is 0.345 e. The van der Waals surface area contributed by atoms with Crippen LogP contribution in [-0.2, 0) is 6.18 Å². The predicted octanol–water partition coefficient (Wildman–Crippen LogP) is 3.85. The number of aromatic nitrogens is 8. The van der Waals surface area contributed by atoms with E-state index in [2.05, 4.69) is 25.3 Å². The molecule has 0 saturated carbocycles. The van der Waals surface area contributed by atoms with Crippen molar-refractivity contribution < 1.29 is 18.0 Å². The van der Waals surface area contributed by atoms with Crippen LogP contribution >= 0.6 is 11.6 Å². The van der Waals surface area contributed by atoms with Crippen molar-refractivity contribution in [1.29, 1.82) is 0 Å². The van der Waals surface area contributed by atoms with Crippen molar-refractivity contribution in [2.75, 3.05) is 0 Å². The number of hydrogen-bond acceptors (Lipinski definition) is 6. The summed E-state index contributed by atoms with van der Waals surface area (Å²) in [6, 6.07) is 8.40. The third-order valence-corrected chi connectivity index (χ3v) is 5.98. The van der Waals surface area contributed by atoms with Gasteiger partial charge in [0.05, 0.1) is 40.4 Å². The molecule has 0 aliphatic heterocycles. The molecule has 6 heterocycles. The quantitative estimate of drug-likeness (QED) is 0.350. The van der Waals surface area contributed by atoms with E-state index in [4.69, 9.17) is 11.6 Å². The summed E-state index contributed by atoms with van der Waals surface area (Å²) in [5.41, 5.74) is -2.10. The molecule has 0 atom stereocenters. The van der Waals surface area contributed by atoms with Crippen LogP contribution < -0.4 is 5.56 Å². The van der Waals surface area contributed by atoms with Gasteiger partial charge in [-0.1, -0.05) is 17.7 Å². The first-order valence-electron chi connectivity index (χ1n) is 10.6. The Kier molecular flexibility index (Phi) is 4.98. The largest absolute Gasteiger partial charge is 0.434 e. The number of ketones is 1. The molecule has 0 aliphatic carbocycles. The highest BCUT2D eigenvalue weighted by atomic mass is 35.5. The Hall–Kier alpha value is -4.78. The minimum Gasteiger partial charge on any atom is -0.345 e. The van der Waals surface area contributed by atoms with E-state index in [0.29, 0.717) is 4.68 Å². The summed E-state index contributed by atoms with van der Waals surface area (Å²) >= 11 is 6.32. The zero-order valence-electron chi connectivity index (χ0n) is 18.3. The van der Waals surface area contributed by atoms with Crippen molar-refractivity contribution >= 4 is 33.9 Å². The second kappa shape index (κ2) is 8.13. The summed E-state index contributed by atoms with van der Waals surface area (Å²) in [6.07, 6.45) is 1.43. The maximum absolute atomic E-state index is 14.4. The highest BCUT2D eigenvalue weighted by molar-refractivity contribution is 6.33. The number of fused-ring (bicyclic) bond motifs is 2. The molecule has 1 N–H and O–H groups in total. The van der Waals surface area contributed by atoms with Crippen LogP contribution in [-0.4, -0.2) is 44.9 Å². The Balaban J connectivity index is 1.52. The van der Waals surface area contributed by atoms with E-state index in [1.165, 1.54) is 70.4 Å². The molecule has 0 aliphatic rings. The van der Waals surface area contributed by atoms with E-state index in [-0.39, 0.29) is 38.6 Å². The van der Waals surface area contributed by atoms with Crippen molar-refractivity contribution in [2.45, 2.75) is 6.18 Å². The van der Waals surface area contributed by atoms with Crippen molar-refractivity contribution in [3.8, 4) is 11.5 Å². The molecule has 6 rings (SSSR count). The Bertz CT molecular complexity index is 1890. The van der Waals surface area contributed by atoms with Gasteiger partial charge in [-0.05, 0) is 24.3 Å².